The topological polar surface area (TPSA) is 72.7 Å². The number of rotatable bonds is 4. The maximum Gasteiger partial charge on any atom is 0.230 e. The van der Waals surface area contributed by atoms with Crippen LogP contribution in [0, 0.1) is 0 Å². The van der Waals surface area contributed by atoms with E-state index < -0.39 is 0 Å². The molecule has 106 valence electrons. The molecule has 21 heavy (non-hydrogen) atoms. The number of thiazole rings is 1. The van der Waals surface area contributed by atoms with E-state index in [1.807, 2.05) is 23.6 Å². The summed E-state index contributed by atoms with van der Waals surface area (Å²) in [5, 5.41) is 9.49. The molecule has 0 aliphatic heterocycles. The van der Waals surface area contributed by atoms with Crippen LogP contribution in [0.25, 0.3) is 10.7 Å². The van der Waals surface area contributed by atoms with Gasteiger partial charge in [0.05, 0.1) is 29.7 Å². The fourth-order valence-corrected chi connectivity index (χ4v) is 2.65. The quantitative estimate of drug-likeness (QED) is 0.801. The van der Waals surface area contributed by atoms with Crippen molar-refractivity contribution in [2.45, 2.75) is 6.42 Å². The van der Waals surface area contributed by atoms with E-state index in [9.17, 15) is 4.79 Å². The largest absolute Gasteiger partial charge is 0.323 e. The summed E-state index contributed by atoms with van der Waals surface area (Å²) in [5.41, 5.74) is 2.24. The zero-order valence-corrected chi connectivity index (χ0v) is 12.2. The molecule has 6 nitrogen and oxygen atoms in total. The summed E-state index contributed by atoms with van der Waals surface area (Å²) < 4.78 is 1.64. The zero-order chi connectivity index (χ0) is 14.7. The second-order valence-corrected chi connectivity index (χ2v) is 5.34. The molecular weight excluding hydrogens is 286 g/mol. The third kappa shape index (κ3) is 3.32. The van der Waals surface area contributed by atoms with Gasteiger partial charge in [0.2, 0.25) is 5.91 Å². The second kappa shape index (κ2) is 5.84. The van der Waals surface area contributed by atoms with E-state index in [1.165, 1.54) is 11.3 Å². The predicted molar refractivity (Wildman–Crippen MR) is 80.9 cm³/mol. The molecular formula is C14H13N5OS. The average molecular weight is 299 g/mol. The summed E-state index contributed by atoms with van der Waals surface area (Å²) in [5.74, 6) is -0.110. The maximum absolute atomic E-state index is 11.9. The molecule has 0 fully saturated rings. The van der Waals surface area contributed by atoms with Gasteiger partial charge in [0.1, 0.15) is 5.01 Å². The summed E-state index contributed by atoms with van der Waals surface area (Å²) >= 11 is 1.48. The predicted octanol–water partition coefficient (Wildman–Crippen LogP) is 2.12. The first-order valence-electron chi connectivity index (χ1n) is 6.35. The smallest absolute Gasteiger partial charge is 0.230 e. The van der Waals surface area contributed by atoms with Crippen molar-refractivity contribution in [2.75, 3.05) is 5.32 Å². The number of nitrogens with one attached hydrogen (secondary N) is 1. The Morgan fingerprint density at radius 3 is 3.05 bits per heavy atom. The molecule has 0 saturated carbocycles. The van der Waals surface area contributed by atoms with Crippen molar-refractivity contribution in [1.82, 2.24) is 19.7 Å². The van der Waals surface area contributed by atoms with Crippen molar-refractivity contribution in [3.63, 3.8) is 0 Å². The number of aryl methyl sites for hydroxylation is 1. The first-order valence-corrected chi connectivity index (χ1v) is 7.23. The molecule has 7 heteroatoms. The van der Waals surface area contributed by atoms with Crippen LogP contribution in [-0.4, -0.2) is 25.7 Å². The summed E-state index contributed by atoms with van der Waals surface area (Å²) in [4.78, 5) is 20.6. The molecule has 0 aromatic carbocycles. The molecule has 3 heterocycles. The van der Waals surface area contributed by atoms with Gasteiger partial charge in [0.25, 0.3) is 0 Å². The van der Waals surface area contributed by atoms with Gasteiger partial charge in [0, 0.05) is 24.8 Å². The normalized spacial score (nSPS) is 10.5. The number of anilines is 1. The Labute approximate surface area is 125 Å². The number of hydrogen-bond donors (Lipinski definition) is 1. The Balaban J connectivity index is 1.66. The minimum atomic E-state index is -0.110. The van der Waals surface area contributed by atoms with Crippen LogP contribution < -0.4 is 5.32 Å². The van der Waals surface area contributed by atoms with Crippen LogP contribution in [0.2, 0.25) is 0 Å². The lowest BCUT2D eigenvalue weighted by Gasteiger charge is -1.99. The van der Waals surface area contributed by atoms with Crippen LogP contribution in [0.15, 0.2) is 42.2 Å². The molecule has 0 aliphatic carbocycles. The first kappa shape index (κ1) is 13.4. The lowest BCUT2D eigenvalue weighted by atomic mass is 10.3. The van der Waals surface area contributed by atoms with Crippen LogP contribution in [0.5, 0.6) is 0 Å². The van der Waals surface area contributed by atoms with E-state index >= 15 is 0 Å². The van der Waals surface area contributed by atoms with Gasteiger partial charge in [-0.25, -0.2) is 4.98 Å². The minimum absolute atomic E-state index is 0.110. The number of hydrogen-bond acceptors (Lipinski definition) is 5. The highest BCUT2D eigenvalue weighted by atomic mass is 32.1. The van der Waals surface area contributed by atoms with E-state index in [-0.39, 0.29) is 12.3 Å². The minimum Gasteiger partial charge on any atom is -0.323 e. The molecule has 0 saturated heterocycles. The van der Waals surface area contributed by atoms with Crippen molar-refractivity contribution in [3.05, 3.63) is 47.9 Å². The van der Waals surface area contributed by atoms with Crippen molar-refractivity contribution in [3.8, 4) is 10.7 Å². The Kier molecular flexibility index (Phi) is 3.74. The monoisotopic (exact) mass is 299 g/mol. The maximum atomic E-state index is 11.9. The molecule has 0 radical (unpaired) electrons. The summed E-state index contributed by atoms with van der Waals surface area (Å²) in [6, 6.07) is 5.68. The molecule has 3 aromatic heterocycles. The number of carbonyl (C=O) groups excluding carboxylic acids is 1. The second-order valence-electron chi connectivity index (χ2n) is 4.49. The number of pyridine rings is 1. The van der Waals surface area contributed by atoms with Crippen molar-refractivity contribution >= 4 is 22.9 Å². The molecule has 3 aromatic rings. The Bertz CT molecular complexity index is 750. The van der Waals surface area contributed by atoms with Crippen LogP contribution in [0.1, 0.15) is 5.69 Å². The summed E-state index contributed by atoms with van der Waals surface area (Å²) in [6.07, 6.45) is 5.32. The molecule has 0 unspecified atom stereocenters. The van der Waals surface area contributed by atoms with Gasteiger partial charge in [-0.15, -0.1) is 11.3 Å². The van der Waals surface area contributed by atoms with Gasteiger partial charge in [-0.1, -0.05) is 6.07 Å². The Hall–Kier alpha value is -2.54. The van der Waals surface area contributed by atoms with Crippen molar-refractivity contribution in [2.24, 2.45) is 7.05 Å². The molecule has 0 bridgehead atoms. The van der Waals surface area contributed by atoms with E-state index in [0.717, 1.165) is 16.4 Å². The Morgan fingerprint density at radius 1 is 1.43 bits per heavy atom. The van der Waals surface area contributed by atoms with Gasteiger partial charge >= 0.3 is 0 Å². The van der Waals surface area contributed by atoms with Gasteiger partial charge in [-0.3, -0.25) is 14.5 Å². The molecule has 1 N–H and O–H groups in total. The lowest BCUT2D eigenvalue weighted by molar-refractivity contribution is -0.115. The van der Waals surface area contributed by atoms with E-state index in [4.69, 9.17) is 0 Å². The van der Waals surface area contributed by atoms with Crippen LogP contribution in [-0.2, 0) is 18.3 Å². The number of aromatic nitrogens is 4. The van der Waals surface area contributed by atoms with Gasteiger partial charge in [-0.05, 0) is 12.1 Å². The summed E-state index contributed by atoms with van der Waals surface area (Å²) in [7, 11) is 1.80. The molecule has 1 amide bonds. The van der Waals surface area contributed by atoms with E-state index in [2.05, 4.69) is 20.4 Å². The first-order chi connectivity index (χ1) is 10.2. The zero-order valence-electron chi connectivity index (χ0n) is 11.4. The third-order valence-electron chi connectivity index (χ3n) is 2.77. The Morgan fingerprint density at radius 2 is 2.33 bits per heavy atom. The lowest BCUT2D eigenvalue weighted by Crippen LogP contribution is -2.14. The van der Waals surface area contributed by atoms with Crippen LogP contribution in [0.4, 0.5) is 5.69 Å². The molecule has 0 spiro atoms. The average Bonchev–Trinajstić information content (AvgIpc) is 3.09. The fourth-order valence-electron chi connectivity index (χ4n) is 1.85. The highest BCUT2D eigenvalue weighted by molar-refractivity contribution is 7.13. The van der Waals surface area contributed by atoms with Gasteiger partial charge in [0.15, 0.2) is 0 Å². The fraction of sp³-hybridized carbons (Fsp3) is 0.143. The summed E-state index contributed by atoms with van der Waals surface area (Å²) in [6.45, 7) is 0. The highest BCUT2D eigenvalue weighted by Gasteiger charge is 2.10. The molecule has 0 aliphatic rings. The highest BCUT2D eigenvalue weighted by Crippen LogP contribution is 2.21. The number of amides is 1. The van der Waals surface area contributed by atoms with Crippen LogP contribution >= 0.6 is 11.3 Å². The van der Waals surface area contributed by atoms with Crippen LogP contribution in [0.3, 0.4) is 0 Å². The molecule has 3 rings (SSSR count). The van der Waals surface area contributed by atoms with E-state index in [0.29, 0.717) is 5.69 Å². The van der Waals surface area contributed by atoms with E-state index in [1.54, 1.807) is 30.3 Å². The standard InChI is InChI=1S/C14H13N5OS/c1-19-8-11(7-16-19)17-13(20)6-10-9-21-14(18-10)12-4-2-3-5-15-12/h2-5,7-9H,6H2,1H3,(H,17,20). The van der Waals surface area contributed by atoms with Crippen molar-refractivity contribution in [1.29, 1.82) is 0 Å². The van der Waals surface area contributed by atoms with Crippen molar-refractivity contribution < 1.29 is 4.79 Å². The third-order valence-corrected chi connectivity index (χ3v) is 3.68. The number of nitrogens with zero attached hydrogens (tertiary/aromatic N) is 4. The molecule has 0 atom stereocenters. The van der Waals surface area contributed by atoms with Gasteiger partial charge < -0.3 is 5.32 Å². The van der Waals surface area contributed by atoms with Gasteiger partial charge in [-0.2, -0.15) is 5.10 Å². The SMILES string of the molecule is Cn1cc(NC(=O)Cc2csc(-c3ccccn3)n2)cn1. The number of carbonyl (C=O) groups is 1.